The van der Waals surface area contributed by atoms with E-state index < -0.39 is 6.61 Å². The van der Waals surface area contributed by atoms with Crippen molar-refractivity contribution in [3.63, 3.8) is 0 Å². The Kier molecular flexibility index (Phi) is 13.9. The monoisotopic (exact) mass is 539 g/mol. The maximum atomic E-state index is 12.5. The van der Waals surface area contributed by atoms with Crippen molar-refractivity contribution >= 4 is 29.9 Å². The summed E-state index contributed by atoms with van der Waals surface area (Å²) in [4.78, 5) is 9.53. The third kappa shape index (κ3) is 10.2. The number of guanidine groups is 1. The van der Waals surface area contributed by atoms with Gasteiger partial charge in [-0.3, -0.25) is 0 Å². The topological polar surface area (TPSA) is 52.1 Å². The highest BCUT2D eigenvalue weighted by atomic mass is 127. The number of halogens is 3. The van der Waals surface area contributed by atoms with Gasteiger partial charge in [-0.05, 0) is 38.9 Å². The number of alkyl halides is 2. The molecule has 6 nitrogen and oxygen atoms in total. The van der Waals surface area contributed by atoms with Crippen LogP contribution in [0.2, 0.25) is 0 Å². The average Bonchev–Trinajstić information content (AvgIpc) is 2.72. The van der Waals surface area contributed by atoms with Crippen molar-refractivity contribution in [1.29, 1.82) is 0 Å². The largest absolute Gasteiger partial charge is 0.434 e. The number of para-hydroxylation sites is 1. The fourth-order valence-corrected chi connectivity index (χ4v) is 3.35. The zero-order chi connectivity index (χ0) is 20.9. The number of unbranched alkanes of at least 4 members (excludes halogenated alkanes) is 1. The molecule has 9 heteroatoms. The Morgan fingerprint density at radius 2 is 1.77 bits per heavy atom. The fraction of sp³-hybridized carbons (Fsp3) is 0.667. The van der Waals surface area contributed by atoms with E-state index in [0.29, 0.717) is 11.5 Å². The van der Waals surface area contributed by atoms with E-state index in [4.69, 9.17) is 0 Å². The maximum Gasteiger partial charge on any atom is 0.387 e. The zero-order valence-corrected chi connectivity index (χ0v) is 20.4. The molecule has 0 unspecified atom stereocenters. The molecule has 0 aromatic heterocycles. The van der Waals surface area contributed by atoms with Gasteiger partial charge in [-0.1, -0.05) is 25.1 Å². The first-order valence-corrected chi connectivity index (χ1v) is 10.6. The summed E-state index contributed by atoms with van der Waals surface area (Å²) in [5.74, 6) is 0.862. The minimum absolute atomic E-state index is 0. The van der Waals surface area contributed by atoms with E-state index in [1.807, 2.05) is 6.92 Å². The van der Waals surface area contributed by atoms with Crippen LogP contribution in [0.15, 0.2) is 29.3 Å². The van der Waals surface area contributed by atoms with Crippen LogP contribution in [-0.2, 0) is 6.54 Å². The summed E-state index contributed by atoms with van der Waals surface area (Å²) >= 11 is 0. The zero-order valence-electron chi connectivity index (χ0n) is 18.1. The molecule has 172 valence electrons. The van der Waals surface area contributed by atoms with E-state index in [0.717, 1.165) is 52.1 Å². The maximum absolute atomic E-state index is 12.5. The molecule has 2 rings (SSSR count). The molecule has 0 amide bonds. The van der Waals surface area contributed by atoms with E-state index >= 15 is 0 Å². The molecule has 1 heterocycles. The Hall–Kier alpha value is -1.20. The Labute approximate surface area is 196 Å². The van der Waals surface area contributed by atoms with Crippen LogP contribution in [0, 0.1) is 0 Å². The van der Waals surface area contributed by atoms with Crippen LogP contribution in [0.1, 0.15) is 32.3 Å². The Bertz CT molecular complexity index is 613. The van der Waals surface area contributed by atoms with Gasteiger partial charge in [-0.25, -0.2) is 4.99 Å². The van der Waals surface area contributed by atoms with Gasteiger partial charge in [0.2, 0.25) is 0 Å². The Morgan fingerprint density at radius 3 is 2.43 bits per heavy atom. The highest BCUT2D eigenvalue weighted by molar-refractivity contribution is 14.0. The van der Waals surface area contributed by atoms with Crippen LogP contribution in [0.4, 0.5) is 8.78 Å². The van der Waals surface area contributed by atoms with Crippen molar-refractivity contribution in [1.82, 2.24) is 20.4 Å². The van der Waals surface area contributed by atoms with Gasteiger partial charge in [0.05, 0.1) is 6.54 Å². The fourth-order valence-electron chi connectivity index (χ4n) is 3.35. The summed E-state index contributed by atoms with van der Waals surface area (Å²) in [5, 5.41) is 6.53. The second kappa shape index (κ2) is 15.6. The highest BCUT2D eigenvalue weighted by Gasteiger charge is 2.14. The molecule has 2 N–H and O–H groups in total. The third-order valence-electron chi connectivity index (χ3n) is 5.05. The standard InChI is InChI=1S/C21H35F2N5O.HI/c1-3-24-21(26-17-18-9-5-6-10-19(18)29-20(22)23)25-11-7-8-12-28-15-13-27(4-2)14-16-28;/h5-6,9-10,20H,3-4,7-8,11-17H2,1-2H3,(H2,24,25,26);1H. The van der Waals surface area contributed by atoms with Crippen LogP contribution in [0.3, 0.4) is 0 Å². The number of hydrogen-bond acceptors (Lipinski definition) is 4. The minimum Gasteiger partial charge on any atom is -0.434 e. The molecule has 1 fully saturated rings. The molecule has 0 spiro atoms. The van der Waals surface area contributed by atoms with Crippen molar-refractivity contribution in [3.05, 3.63) is 29.8 Å². The molecular weight excluding hydrogens is 503 g/mol. The van der Waals surface area contributed by atoms with Crippen molar-refractivity contribution in [2.75, 3.05) is 52.4 Å². The molecule has 1 aliphatic rings. The van der Waals surface area contributed by atoms with Crippen LogP contribution in [0.25, 0.3) is 0 Å². The van der Waals surface area contributed by atoms with E-state index in [2.05, 4.69) is 37.1 Å². The number of nitrogens with zero attached hydrogens (tertiary/aromatic N) is 3. The molecule has 1 aromatic carbocycles. The third-order valence-corrected chi connectivity index (χ3v) is 5.05. The second-order valence-corrected chi connectivity index (χ2v) is 7.09. The molecular formula is C21H36F2IN5O. The van der Waals surface area contributed by atoms with Gasteiger partial charge in [0.15, 0.2) is 5.96 Å². The van der Waals surface area contributed by atoms with Gasteiger partial charge in [0.1, 0.15) is 5.75 Å². The molecule has 1 aromatic rings. The smallest absolute Gasteiger partial charge is 0.387 e. The van der Waals surface area contributed by atoms with E-state index in [-0.39, 0.29) is 36.3 Å². The van der Waals surface area contributed by atoms with Crippen LogP contribution in [-0.4, -0.2) is 74.7 Å². The minimum atomic E-state index is -2.84. The van der Waals surface area contributed by atoms with Crippen LogP contribution >= 0.6 is 24.0 Å². The lowest BCUT2D eigenvalue weighted by Crippen LogP contribution is -2.46. The van der Waals surface area contributed by atoms with Crippen molar-refractivity contribution < 1.29 is 13.5 Å². The normalized spacial score (nSPS) is 15.7. The predicted octanol–water partition coefficient (Wildman–Crippen LogP) is 3.38. The number of ether oxygens (including phenoxy) is 1. The van der Waals surface area contributed by atoms with Gasteiger partial charge >= 0.3 is 6.61 Å². The number of piperazine rings is 1. The van der Waals surface area contributed by atoms with Gasteiger partial charge in [-0.15, -0.1) is 24.0 Å². The van der Waals surface area contributed by atoms with Crippen molar-refractivity contribution in [2.24, 2.45) is 4.99 Å². The highest BCUT2D eigenvalue weighted by Crippen LogP contribution is 2.20. The van der Waals surface area contributed by atoms with Crippen molar-refractivity contribution in [2.45, 2.75) is 39.8 Å². The van der Waals surface area contributed by atoms with Gasteiger partial charge in [-0.2, -0.15) is 8.78 Å². The number of hydrogen-bond donors (Lipinski definition) is 2. The molecule has 0 radical (unpaired) electrons. The molecule has 0 aliphatic carbocycles. The summed E-state index contributed by atoms with van der Waals surface area (Å²) in [6.45, 7) is 10.2. The lowest BCUT2D eigenvalue weighted by atomic mass is 10.2. The van der Waals surface area contributed by atoms with E-state index in [9.17, 15) is 8.78 Å². The SMILES string of the molecule is CCNC(=NCc1ccccc1OC(F)F)NCCCCN1CCN(CC)CC1.I. The van der Waals surface area contributed by atoms with Gasteiger partial charge in [0, 0.05) is 44.8 Å². The van der Waals surface area contributed by atoms with Gasteiger partial charge < -0.3 is 25.2 Å². The van der Waals surface area contributed by atoms with Crippen LogP contribution in [0.5, 0.6) is 5.75 Å². The predicted molar refractivity (Wildman–Crippen MR) is 129 cm³/mol. The summed E-state index contributed by atoms with van der Waals surface area (Å²) in [6.07, 6.45) is 2.20. The summed E-state index contributed by atoms with van der Waals surface area (Å²) in [5.41, 5.74) is 0.635. The molecule has 1 aliphatic heterocycles. The Morgan fingerprint density at radius 1 is 1.07 bits per heavy atom. The number of nitrogens with one attached hydrogen (secondary N) is 2. The first-order chi connectivity index (χ1) is 14.1. The summed E-state index contributed by atoms with van der Waals surface area (Å²) in [6, 6.07) is 6.76. The second-order valence-electron chi connectivity index (χ2n) is 7.09. The summed E-state index contributed by atoms with van der Waals surface area (Å²) < 4.78 is 29.7. The van der Waals surface area contributed by atoms with Gasteiger partial charge in [0.25, 0.3) is 0 Å². The molecule has 0 saturated carbocycles. The lowest BCUT2D eigenvalue weighted by molar-refractivity contribution is -0.0504. The number of benzene rings is 1. The average molecular weight is 539 g/mol. The first kappa shape index (κ1) is 26.8. The van der Waals surface area contributed by atoms with E-state index in [1.54, 1.807) is 18.2 Å². The van der Waals surface area contributed by atoms with E-state index in [1.165, 1.54) is 19.2 Å². The quantitative estimate of drug-likeness (QED) is 0.196. The Balaban J connectivity index is 0.00000450. The lowest BCUT2D eigenvalue weighted by Gasteiger charge is -2.34. The molecule has 30 heavy (non-hydrogen) atoms. The molecule has 0 bridgehead atoms. The molecule has 1 saturated heterocycles. The first-order valence-electron chi connectivity index (χ1n) is 10.6. The number of likely N-dealkylation sites (N-methyl/N-ethyl adjacent to an activating group) is 1. The molecule has 0 atom stereocenters. The summed E-state index contributed by atoms with van der Waals surface area (Å²) in [7, 11) is 0. The number of rotatable bonds is 11. The van der Waals surface area contributed by atoms with Crippen molar-refractivity contribution in [3.8, 4) is 5.75 Å². The number of aliphatic imine (C=N–C) groups is 1. The van der Waals surface area contributed by atoms with Crippen LogP contribution < -0.4 is 15.4 Å².